The molecular weight excluding hydrogens is 272 g/mol. The molecule has 0 saturated carbocycles. The van der Waals surface area contributed by atoms with E-state index in [1.165, 1.54) is 4.88 Å². The maximum Gasteiger partial charge on any atom is 0.236 e. The van der Waals surface area contributed by atoms with Crippen molar-refractivity contribution in [1.82, 2.24) is 10.2 Å². The van der Waals surface area contributed by atoms with E-state index in [0.29, 0.717) is 19.7 Å². The van der Waals surface area contributed by atoms with Crippen molar-refractivity contribution >= 4 is 29.7 Å². The molecule has 104 valence electrons. The quantitative estimate of drug-likeness (QED) is 0.781. The van der Waals surface area contributed by atoms with Gasteiger partial charge in [-0.25, -0.2) is 0 Å². The SMILES string of the molecule is COCCNCC(=O)N(C)C(C)c1cccs1.Cl. The van der Waals surface area contributed by atoms with Gasteiger partial charge in [-0.15, -0.1) is 23.7 Å². The molecule has 0 aliphatic carbocycles. The fraction of sp³-hybridized carbons (Fsp3) is 0.583. The third-order valence-electron chi connectivity index (χ3n) is 2.69. The Kier molecular flexibility index (Phi) is 9.01. The van der Waals surface area contributed by atoms with Crippen LogP contribution in [0.4, 0.5) is 0 Å². The summed E-state index contributed by atoms with van der Waals surface area (Å²) in [6.07, 6.45) is 0. The van der Waals surface area contributed by atoms with Crippen molar-refractivity contribution in [3.63, 3.8) is 0 Å². The number of thiophene rings is 1. The van der Waals surface area contributed by atoms with Crippen molar-refractivity contribution in [1.29, 1.82) is 0 Å². The van der Waals surface area contributed by atoms with Gasteiger partial charge in [-0.05, 0) is 18.4 Å². The van der Waals surface area contributed by atoms with E-state index in [9.17, 15) is 4.79 Å². The van der Waals surface area contributed by atoms with Gasteiger partial charge in [0.2, 0.25) is 5.91 Å². The maximum atomic E-state index is 11.9. The Morgan fingerprint density at radius 2 is 2.33 bits per heavy atom. The number of nitrogens with one attached hydrogen (secondary N) is 1. The zero-order valence-electron chi connectivity index (χ0n) is 11.0. The molecule has 0 aromatic carbocycles. The normalized spacial score (nSPS) is 11.7. The maximum absolute atomic E-state index is 11.9. The fourth-order valence-electron chi connectivity index (χ4n) is 1.43. The summed E-state index contributed by atoms with van der Waals surface area (Å²) in [5.41, 5.74) is 0. The third kappa shape index (κ3) is 5.35. The lowest BCUT2D eigenvalue weighted by Gasteiger charge is -2.24. The zero-order valence-corrected chi connectivity index (χ0v) is 12.6. The molecular formula is C12H21ClN2O2S. The van der Waals surface area contributed by atoms with Crippen molar-refractivity contribution in [3.05, 3.63) is 22.4 Å². The average molecular weight is 293 g/mol. The number of hydrogen-bond acceptors (Lipinski definition) is 4. The van der Waals surface area contributed by atoms with E-state index in [-0.39, 0.29) is 24.4 Å². The molecule has 0 aliphatic heterocycles. The predicted octanol–water partition coefficient (Wildman–Crippen LogP) is 1.93. The first kappa shape index (κ1) is 17.4. The van der Waals surface area contributed by atoms with Crippen LogP contribution in [0, 0.1) is 0 Å². The summed E-state index contributed by atoms with van der Waals surface area (Å²) in [6, 6.07) is 4.19. The topological polar surface area (TPSA) is 41.6 Å². The van der Waals surface area contributed by atoms with E-state index in [4.69, 9.17) is 4.74 Å². The number of likely N-dealkylation sites (N-methyl/N-ethyl adjacent to an activating group) is 1. The summed E-state index contributed by atoms with van der Waals surface area (Å²) in [5.74, 6) is 0.0991. The van der Waals surface area contributed by atoms with Crippen LogP contribution in [0.5, 0.6) is 0 Å². The molecule has 1 unspecified atom stereocenters. The number of halogens is 1. The molecule has 0 radical (unpaired) electrons. The summed E-state index contributed by atoms with van der Waals surface area (Å²) >= 11 is 1.67. The summed E-state index contributed by atoms with van der Waals surface area (Å²) in [6.45, 7) is 3.72. The van der Waals surface area contributed by atoms with Crippen LogP contribution >= 0.6 is 23.7 Å². The van der Waals surface area contributed by atoms with E-state index in [1.54, 1.807) is 23.3 Å². The number of carbonyl (C=O) groups excluding carboxylic acids is 1. The summed E-state index contributed by atoms with van der Waals surface area (Å²) in [7, 11) is 3.49. The Bertz CT molecular complexity index is 333. The first-order chi connectivity index (χ1) is 8.16. The fourth-order valence-corrected chi connectivity index (χ4v) is 2.26. The van der Waals surface area contributed by atoms with Gasteiger partial charge >= 0.3 is 0 Å². The van der Waals surface area contributed by atoms with E-state index < -0.39 is 0 Å². The lowest BCUT2D eigenvalue weighted by Crippen LogP contribution is -2.37. The van der Waals surface area contributed by atoms with Crippen LogP contribution in [0.2, 0.25) is 0 Å². The Labute approximate surface area is 119 Å². The first-order valence-electron chi connectivity index (χ1n) is 5.65. The van der Waals surface area contributed by atoms with Gasteiger partial charge in [0.05, 0.1) is 19.2 Å². The second kappa shape index (κ2) is 9.33. The number of nitrogens with zero attached hydrogens (tertiary/aromatic N) is 1. The Morgan fingerprint density at radius 1 is 1.61 bits per heavy atom. The average Bonchev–Trinajstić information content (AvgIpc) is 2.86. The molecule has 1 heterocycles. The van der Waals surface area contributed by atoms with Gasteiger partial charge in [0.25, 0.3) is 0 Å². The van der Waals surface area contributed by atoms with Gasteiger partial charge in [-0.3, -0.25) is 4.79 Å². The molecule has 0 fully saturated rings. The van der Waals surface area contributed by atoms with Gasteiger partial charge in [0.15, 0.2) is 0 Å². The Morgan fingerprint density at radius 3 is 2.89 bits per heavy atom. The van der Waals surface area contributed by atoms with Crippen molar-refractivity contribution < 1.29 is 9.53 Å². The lowest BCUT2D eigenvalue weighted by molar-refractivity contribution is -0.130. The van der Waals surface area contributed by atoms with Crippen LogP contribution in [0.25, 0.3) is 0 Å². The molecule has 1 aromatic heterocycles. The summed E-state index contributed by atoms with van der Waals surface area (Å²) in [5, 5.41) is 5.08. The highest BCUT2D eigenvalue weighted by Gasteiger charge is 2.17. The number of carbonyl (C=O) groups is 1. The molecule has 1 rings (SSSR count). The second-order valence-electron chi connectivity index (χ2n) is 3.87. The smallest absolute Gasteiger partial charge is 0.236 e. The van der Waals surface area contributed by atoms with E-state index >= 15 is 0 Å². The Hall–Kier alpha value is -0.620. The molecule has 4 nitrogen and oxygen atoms in total. The number of hydrogen-bond donors (Lipinski definition) is 1. The van der Waals surface area contributed by atoms with E-state index in [1.807, 2.05) is 25.4 Å². The highest BCUT2D eigenvalue weighted by atomic mass is 35.5. The van der Waals surface area contributed by atoms with Crippen molar-refractivity contribution in [2.45, 2.75) is 13.0 Å². The van der Waals surface area contributed by atoms with Crippen LogP contribution in [-0.2, 0) is 9.53 Å². The monoisotopic (exact) mass is 292 g/mol. The van der Waals surface area contributed by atoms with Gasteiger partial charge in [-0.2, -0.15) is 0 Å². The summed E-state index contributed by atoms with van der Waals surface area (Å²) < 4.78 is 4.90. The number of rotatable bonds is 7. The number of ether oxygens (including phenoxy) is 1. The summed E-state index contributed by atoms with van der Waals surface area (Å²) in [4.78, 5) is 14.8. The van der Waals surface area contributed by atoms with Gasteiger partial charge < -0.3 is 15.0 Å². The standard InChI is InChI=1S/C12H20N2O2S.ClH/c1-10(11-5-4-8-17-11)14(2)12(15)9-13-6-7-16-3;/h4-5,8,10,13H,6-7,9H2,1-3H3;1H. The minimum atomic E-state index is 0. The molecule has 1 amide bonds. The Balaban J connectivity index is 0.00000289. The molecule has 18 heavy (non-hydrogen) atoms. The van der Waals surface area contributed by atoms with Crippen molar-refractivity contribution in [2.75, 3.05) is 33.9 Å². The van der Waals surface area contributed by atoms with Gasteiger partial charge in [-0.1, -0.05) is 6.07 Å². The molecule has 0 bridgehead atoms. The molecule has 1 aromatic rings. The molecule has 0 aliphatic rings. The van der Waals surface area contributed by atoms with Crippen LogP contribution < -0.4 is 5.32 Å². The first-order valence-corrected chi connectivity index (χ1v) is 6.53. The third-order valence-corrected chi connectivity index (χ3v) is 3.73. The molecule has 1 N–H and O–H groups in total. The molecule has 6 heteroatoms. The minimum Gasteiger partial charge on any atom is -0.383 e. The van der Waals surface area contributed by atoms with Gasteiger partial charge in [0.1, 0.15) is 0 Å². The molecule has 0 saturated heterocycles. The predicted molar refractivity (Wildman–Crippen MR) is 77.5 cm³/mol. The van der Waals surface area contributed by atoms with Crippen LogP contribution in [0.1, 0.15) is 17.8 Å². The molecule has 0 spiro atoms. The van der Waals surface area contributed by atoms with Crippen molar-refractivity contribution in [2.24, 2.45) is 0 Å². The van der Waals surface area contributed by atoms with Gasteiger partial charge in [0, 0.05) is 25.6 Å². The lowest BCUT2D eigenvalue weighted by atomic mass is 10.2. The largest absolute Gasteiger partial charge is 0.383 e. The number of methoxy groups -OCH3 is 1. The highest BCUT2D eigenvalue weighted by Crippen LogP contribution is 2.23. The molecule has 1 atom stereocenters. The second-order valence-corrected chi connectivity index (χ2v) is 4.84. The highest BCUT2D eigenvalue weighted by molar-refractivity contribution is 7.10. The zero-order chi connectivity index (χ0) is 12.7. The number of amides is 1. The minimum absolute atomic E-state index is 0. The van der Waals surface area contributed by atoms with E-state index in [0.717, 1.165) is 0 Å². The van der Waals surface area contributed by atoms with E-state index in [2.05, 4.69) is 11.4 Å². The van der Waals surface area contributed by atoms with Crippen LogP contribution in [-0.4, -0.2) is 44.7 Å². The van der Waals surface area contributed by atoms with Crippen LogP contribution in [0.3, 0.4) is 0 Å². The van der Waals surface area contributed by atoms with Crippen LogP contribution in [0.15, 0.2) is 17.5 Å². The van der Waals surface area contributed by atoms with Crippen molar-refractivity contribution in [3.8, 4) is 0 Å².